The van der Waals surface area contributed by atoms with Gasteiger partial charge in [-0.3, -0.25) is 4.79 Å². The standard InChI is InChI=1S/C18H18N2O2S/c1-13(17(21)20(2)12-14-8-4-3-5-9-14)23-18-19-15-10-6-7-11-16(15)22-18/h3-11,13H,12H2,1-2H3/t13-/m1/s1. The van der Waals surface area contributed by atoms with Crippen LogP contribution in [0.5, 0.6) is 0 Å². The lowest BCUT2D eigenvalue weighted by molar-refractivity contribution is -0.129. The lowest BCUT2D eigenvalue weighted by Crippen LogP contribution is -2.32. The van der Waals surface area contributed by atoms with Crippen LogP contribution in [0.3, 0.4) is 0 Å². The Bertz CT molecular complexity index is 768. The second-order valence-electron chi connectivity index (χ2n) is 5.39. The van der Waals surface area contributed by atoms with Crippen molar-refractivity contribution in [3.05, 3.63) is 60.2 Å². The van der Waals surface area contributed by atoms with E-state index in [1.165, 1.54) is 11.8 Å². The van der Waals surface area contributed by atoms with Crippen molar-refractivity contribution in [3.8, 4) is 0 Å². The Labute approximate surface area is 139 Å². The zero-order valence-corrected chi connectivity index (χ0v) is 13.9. The summed E-state index contributed by atoms with van der Waals surface area (Å²) in [5, 5.41) is 0.275. The summed E-state index contributed by atoms with van der Waals surface area (Å²) in [6.07, 6.45) is 0. The molecule has 4 nitrogen and oxygen atoms in total. The first-order valence-electron chi connectivity index (χ1n) is 7.44. The minimum atomic E-state index is -0.253. The molecule has 0 saturated carbocycles. The second-order valence-corrected chi connectivity index (χ2v) is 6.68. The van der Waals surface area contributed by atoms with E-state index in [4.69, 9.17) is 4.42 Å². The van der Waals surface area contributed by atoms with E-state index in [0.29, 0.717) is 11.8 Å². The van der Waals surface area contributed by atoms with Crippen LogP contribution in [-0.4, -0.2) is 28.1 Å². The van der Waals surface area contributed by atoms with E-state index in [1.54, 1.807) is 4.90 Å². The molecule has 1 aromatic heterocycles. The number of oxazole rings is 1. The number of carbonyl (C=O) groups is 1. The summed E-state index contributed by atoms with van der Waals surface area (Å²) in [7, 11) is 1.82. The van der Waals surface area contributed by atoms with Crippen LogP contribution in [0.1, 0.15) is 12.5 Å². The largest absolute Gasteiger partial charge is 0.431 e. The zero-order valence-electron chi connectivity index (χ0n) is 13.1. The fourth-order valence-corrected chi connectivity index (χ4v) is 3.22. The number of benzene rings is 2. The normalized spacial score (nSPS) is 12.3. The van der Waals surface area contributed by atoms with Crippen molar-refractivity contribution in [3.63, 3.8) is 0 Å². The smallest absolute Gasteiger partial charge is 0.257 e. The summed E-state index contributed by atoms with van der Waals surface area (Å²) >= 11 is 1.35. The number of aromatic nitrogens is 1. The van der Waals surface area contributed by atoms with Crippen LogP contribution < -0.4 is 0 Å². The molecule has 23 heavy (non-hydrogen) atoms. The third-order valence-corrected chi connectivity index (χ3v) is 4.47. The number of fused-ring (bicyclic) bond motifs is 1. The average Bonchev–Trinajstić information content (AvgIpc) is 2.97. The summed E-state index contributed by atoms with van der Waals surface area (Å²) in [6.45, 7) is 2.47. The van der Waals surface area contributed by atoms with Crippen LogP contribution in [0.25, 0.3) is 11.1 Å². The van der Waals surface area contributed by atoms with Crippen LogP contribution in [0.4, 0.5) is 0 Å². The maximum absolute atomic E-state index is 12.5. The predicted octanol–water partition coefficient (Wildman–Crippen LogP) is 3.97. The van der Waals surface area contributed by atoms with Gasteiger partial charge in [-0.25, -0.2) is 4.98 Å². The van der Waals surface area contributed by atoms with Gasteiger partial charge in [0.15, 0.2) is 5.58 Å². The molecule has 0 bridgehead atoms. The van der Waals surface area contributed by atoms with Gasteiger partial charge in [0.25, 0.3) is 5.22 Å². The van der Waals surface area contributed by atoms with E-state index in [2.05, 4.69) is 4.98 Å². The van der Waals surface area contributed by atoms with Gasteiger partial charge < -0.3 is 9.32 Å². The van der Waals surface area contributed by atoms with E-state index < -0.39 is 0 Å². The molecule has 0 radical (unpaired) electrons. The highest BCUT2D eigenvalue weighted by molar-refractivity contribution is 8.00. The van der Waals surface area contributed by atoms with Crippen LogP contribution >= 0.6 is 11.8 Å². The van der Waals surface area contributed by atoms with Gasteiger partial charge in [0.05, 0.1) is 5.25 Å². The highest BCUT2D eigenvalue weighted by atomic mass is 32.2. The van der Waals surface area contributed by atoms with E-state index in [9.17, 15) is 4.79 Å². The van der Waals surface area contributed by atoms with E-state index in [-0.39, 0.29) is 11.2 Å². The van der Waals surface area contributed by atoms with E-state index in [1.807, 2.05) is 68.6 Å². The number of thioether (sulfide) groups is 1. The molecule has 0 aliphatic carbocycles. The molecule has 118 valence electrons. The molecule has 5 heteroatoms. The van der Waals surface area contributed by atoms with Crippen molar-refractivity contribution in [1.82, 2.24) is 9.88 Å². The average molecular weight is 326 g/mol. The minimum absolute atomic E-state index is 0.0566. The summed E-state index contributed by atoms with van der Waals surface area (Å²) in [6, 6.07) is 17.6. The maximum atomic E-state index is 12.5. The minimum Gasteiger partial charge on any atom is -0.431 e. The Kier molecular flexibility index (Phi) is 4.67. The van der Waals surface area contributed by atoms with Crippen LogP contribution in [0, 0.1) is 0 Å². The fourth-order valence-electron chi connectivity index (χ4n) is 2.35. The van der Waals surface area contributed by atoms with Crippen molar-refractivity contribution in [2.45, 2.75) is 23.9 Å². The van der Waals surface area contributed by atoms with Gasteiger partial charge in [-0.05, 0) is 24.6 Å². The molecule has 0 aliphatic heterocycles. The van der Waals surface area contributed by atoms with Gasteiger partial charge in [-0.2, -0.15) is 0 Å². The third kappa shape index (κ3) is 3.74. The number of hydrogen-bond acceptors (Lipinski definition) is 4. The van der Waals surface area contributed by atoms with Crippen LogP contribution in [0.15, 0.2) is 64.2 Å². The first kappa shape index (κ1) is 15.6. The maximum Gasteiger partial charge on any atom is 0.257 e. The zero-order chi connectivity index (χ0) is 16.2. The van der Waals surface area contributed by atoms with Crippen molar-refractivity contribution in [2.75, 3.05) is 7.05 Å². The molecule has 0 spiro atoms. The lowest BCUT2D eigenvalue weighted by atomic mass is 10.2. The molecule has 1 amide bonds. The molecule has 0 saturated heterocycles. The molecule has 1 heterocycles. The Morgan fingerprint density at radius 2 is 1.87 bits per heavy atom. The molecule has 2 aromatic carbocycles. The SMILES string of the molecule is C[C@@H](Sc1nc2ccccc2o1)C(=O)N(C)Cc1ccccc1. The van der Waals surface area contributed by atoms with Gasteiger partial charge in [0.2, 0.25) is 5.91 Å². The highest BCUT2D eigenvalue weighted by Crippen LogP contribution is 2.27. The first-order chi connectivity index (χ1) is 11.1. The monoisotopic (exact) mass is 326 g/mol. The topological polar surface area (TPSA) is 46.3 Å². The Hall–Kier alpha value is -2.27. The molecule has 0 aliphatic rings. The van der Waals surface area contributed by atoms with Crippen LogP contribution in [-0.2, 0) is 11.3 Å². The van der Waals surface area contributed by atoms with E-state index >= 15 is 0 Å². The summed E-state index contributed by atoms with van der Waals surface area (Å²) in [5.74, 6) is 0.0566. The Balaban J connectivity index is 1.64. The van der Waals surface area contributed by atoms with Crippen LogP contribution in [0.2, 0.25) is 0 Å². The van der Waals surface area contributed by atoms with E-state index in [0.717, 1.165) is 16.7 Å². The van der Waals surface area contributed by atoms with Crippen molar-refractivity contribution in [2.24, 2.45) is 0 Å². The van der Waals surface area contributed by atoms with Gasteiger partial charge in [0, 0.05) is 13.6 Å². The third-order valence-electron chi connectivity index (χ3n) is 3.54. The summed E-state index contributed by atoms with van der Waals surface area (Å²) in [4.78, 5) is 18.6. The number of para-hydroxylation sites is 2. The predicted molar refractivity (Wildman–Crippen MR) is 92.2 cm³/mol. The lowest BCUT2D eigenvalue weighted by Gasteiger charge is -2.20. The number of amides is 1. The Morgan fingerprint density at radius 3 is 2.61 bits per heavy atom. The van der Waals surface area contributed by atoms with Crippen molar-refractivity contribution in [1.29, 1.82) is 0 Å². The second kappa shape index (κ2) is 6.87. The molecule has 0 N–H and O–H groups in total. The molecule has 3 rings (SSSR count). The van der Waals surface area contributed by atoms with Gasteiger partial charge >= 0.3 is 0 Å². The number of hydrogen-bond donors (Lipinski definition) is 0. The molecule has 0 unspecified atom stereocenters. The van der Waals surface area contributed by atoms with Gasteiger partial charge in [0.1, 0.15) is 5.52 Å². The molecular weight excluding hydrogens is 308 g/mol. The fraction of sp³-hybridized carbons (Fsp3) is 0.222. The summed E-state index contributed by atoms with van der Waals surface area (Å²) < 4.78 is 5.67. The summed E-state index contributed by atoms with van der Waals surface area (Å²) in [5.41, 5.74) is 2.67. The molecule has 3 aromatic rings. The van der Waals surface area contributed by atoms with Gasteiger partial charge in [-0.15, -0.1) is 0 Å². The number of rotatable bonds is 5. The number of nitrogens with zero attached hydrogens (tertiary/aromatic N) is 2. The molecular formula is C18H18N2O2S. The highest BCUT2D eigenvalue weighted by Gasteiger charge is 2.21. The van der Waals surface area contributed by atoms with Crippen molar-refractivity contribution >= 4 is 28.8 Å². The van der Waals surface area contributed by atoms with Gasteiger partial charge in [-0.1, -0.05) is 54.2 Å². The van der Waals surface area contributed by atoms with Crippen molar-refractivity contribution < 1.29 is 9.21 Å². The molecule has 0 fully saturated rings. The number of carbonyl (C=O) groups excluding carboxylic acids is 1. The molecule has 1 atom stereocenters. The first-order valence-corrected chi connectivity index (χ1v) is 8.32. The Morgan fingerprint density at radius 1 is 1.17 bits per heavy atom. The quantitative estimate of drug-likeness (QED) is 0.666.